The van der Waals surface area contributed by atoms with Crippen LogP contribution in [0.25, 0.3) is 0 Å². The molecule has 118 valence electrons. The van der Waals surface area contributed by atoms with Crippen molar-refractivity contribution in [3.63, 3.8) is 0 Å². The summed E-state index contributed by atoms with van der Waals surface area (Å²) < 4.78 is -0.101. The molecule has 20 heavy (non-hydrogen) atoms. The van der Waals surface area contributed by atoms with Crippen molar-refractivity contribution in [2.24, 2.45) is 0 Å². The minimum Gasteiger partial charge on any atom is -0.386 e. The van der Waals surface area contributed by atoms with Crippen LogP contribution in [0, 0.1) is 0 Å². The Hall–Kier alpha value is 0.840. The van der Waals surface area contributed by atoms with Gasteiger partial charge in [0.2, 0.25) is 0 Å². The monoisotopic (exact) mass is 403 g/mol. The molecule has 10 heteroatoms. The first kappa shape index (κ1) is 20.8. The van der Waals surface area contributed by atoms with Crippen LogP contribution in [0.3, 0.4) is 0 Å². The SMILES string of the molecule is CC(C)(Cl)C(O)(Cn1cncn1)CC(Cl)(Cl)C(Cl)Cl.Cl. The van der Waals surface area contributed by atoms with E-state index in [0.29, 0.717) is 0 Å². The van der Waals surface area contributed by atoms with Gasteiger partial charge in [-0.1, -0.05) is 23.2 Å². The maximum atomic E-state index is 10.8. The highest BCUT2D eigenvalue weighted by Gasteiger charge is 2.50. The molecule has 4 nitrogen and oxygen atoms in total. The number of alkyl halides is 5. The lowest BCUT2D eigenvalue weighted by atomic mass is 9.85. The molecule has 0 fully saturated rings. The number of aliphatic hydroxyl groups is 1. The summed E-state index contributed by atoms with van der Waals surface area (Å²) in [5.41, 5.74) is -1.48. The fraction of sp³-hybridized carbons (Fsp3) is 0.800. The molecule has 0 spiro atoms. The van der Waals surface area contributed by atoms with E-state index < -0.39 is 19.6 Å². The zero-order chi connectivity index (χ0) is 14.9. The van der Waals surface area contributed by atoms with E-state index in [-0.39, 0.29) is 25.4 Å². The molecule has 1 rings (SSSR count). The van der Waals surface area contributed by atoms with Crippen molar-refractivity contribution < 1.29 is 5.11 Å². The number of rotatable bonds is 6. The molecular weight excluding hydrogens is 391 g/mol. The van der Waals surface area contributed by atoms with Gasteiger partial charge >= 0.3 is 0 Å². The Morgan fingerprint density at radius 2 is 1.80 bits per heavy atom. The molecule has 0 saturated carbocycles. The summed E-state index contributed by atoms with van der Waals surface area (Å²) in [4.78, 5) is 1.70. The molecule has 0 radical (unpaired) electrons. The van der Waals surface area contributed by atoms with E-state index in [9.17, 15) is 5.11 Å². The highest BCUT2D eigenvalue weighted by molar-refractivity contribution is 6.59. The van der Waals surface area contributed by atoms with Crippen LogP contribution in [-0.2, 0) is 6.54 Å². The third-order valence-corrected chi connectivity index (χ3v) is 5.09. The summed E-state index contributed by atoms with van der Waals surface area (Å²) >= 11 is 29.8. The zero-order valence-electron chi connectivity index (χ0n) is 10.7. The van der Waals surface area contributed by atoms with Gasteiger partial charge in [-0.15, -0.1) is 47.2 Å². The molecular formula is C10H15Cl6N3O. The number of aromatic nitrogens is 3. The third-order valence-electron chi connectivity index (χ3n) is 2.84. The maximum absolute atomic E-state index is 10.8. The van der Waals surface area contributed by atoms with Crippen LogP contribution in [0.5, 0.6) is 0 Å². The van der Waals surface area contributed by atoms with Gasteiger partial charge in [0.05, 0.1) is 11.4 Å². The Kier molecular flexibility index (Phi) is 7.72. The van der Waals surface area contributed by atoms with Gasteiger partial charge in [0.15, 0.2) is 4.33 Å². The molecule has 0 aliphatic heterocycles. The van der Waals surface area contributed by atoms with E-state index in [0.717, 1.165) is 0 Å². The van der Waals surface area contributed by atoms with Gasteiger partial charge in [-0.2, -0.15) is 5.10 Å². The number of hydrogen-bond donors (Lipinski definition) is 1. The van der Waals surface area contributed by atoms with Gasteiger partial charge in [0.25, 0.3) is 0 Å². The Bertz CT molecular complexity index is 406. The third kappa shape index (κ3) is 5.24. The Labute approximate surface area is 149 Å². The van der Waals surface area contributed by atoms with Crippen LogP contribution < -0.4 is 0 Å². The fourth-order valence-electron chi connectivity index (χ4n) is 1.50. The van der Waals surface area contributed by atoms with E-state index in [2.05, 4.69) is 10.1 Å². The molecule has 1 N–H and O–H groups in total. The Morgan fingerprint density at radius 1 is 1.25 bits per heavy atom. The molecule has 0 amide bonds. The standard InChI is InChI=1S/C10H14Cl5N3O.ClH/c1-8(2,13)9(19,3-10(14,15)7(11)12)4-18-6-16-5-17-18;/h5-7,19H,3-4H2,1-2H3;1H. The second-order valence-corrected chi connectivity index (χ2v) is 8.42. The van der Waals surface area contributed by atoms with Gasteiger partial charge in [-0.3, -0.25) is 4.68 Å². The molecule has 0 bridgehead atoms. The van der Waals surface area contributed by atoms with Gasteiger partial charge in [-0.05, 0) is 13.8 Å². The van der Waals surface area contributed by atoms with Crippen molar-refractivity contribution in [2.45, 2.75) is 46.5 Å². The van der Waals surface area contributed by atoms with E-state index in [1.807, 2.05) is 0 Å². The predicted octanol–water partition coefficient (Wildman–Crippen LogP) is 3.82. The molecule has 0 aromatic carbocycles. The average molecular weight is 406 g/mol. The summed E-state index contributed by atoms with van der Waals surface area (Å²) in [7, 11) is 0. The molecule has 0 aliphatic carbocycles. The van der Waals surface area contributed by atoms with E-state index in [1.54, 1.807) is 13.8 Å². The van der Waals surface area contributed by atoms with Crippen LogP contribution in [0.15, 0.2) is 12.7 Å². The van der Waals surface area contributed by atoms with Crippen molar-refractivity contribution in [1.29, 1.82) is 0 Å². The minimum absolute atomic E-state index is 0. The van der Waals surface area contributed by atoms with Gasteiger partial charge in [0.1, 0.15) is 23.1 Å². The second-order valence-electron chi connectivity index (χ2n) is 4.84. The maximum Gasteiger partial charge on any atom is 0.151 e. The van der Waals surface area contributed by atoms with Gasteiger partial charge in [0, 0.05) is 6.42 Å². The van der Waals surface area contributed by atoms with Crippen LogP contribution in [0.2, 0.25) is 0 Å². The molecule has 0 saturated heterocycles. The lowest BCUT2D eigenvalue weighted by Crippen LogP contribution is -2.53. The first-order valence-electron chi connectivity index (χ1n) is 5.38. The van der Waals surface area contributed by atoms with Gasteiger partial charge in [-0.25, -0.2) is 4.98 Å². The number of nitrogens with zero attached hydrogens (tertiary/aromatic N) is 3. The average Bonchev–Trinajstić information content (AvgIpc) is 2.67. The van der Waals surface area contributed by atoms with Crippen molar-refractivity contribution >= 4 is 70.4 Å². The molecule has 1 aromatic rings. The first-order valence-corrected chi connectivity index (χ1v) is 7.38. The number of halogens is 6. The lowest BCUT2D eigenvalue weighted by molar-refractivity contribution is -0.0216. The fourth-order valence-corrected chi connectivity index (χ4v) is 2.23. The van der Waals surface area contributed by atoms with E-state index >= 15 is 0 Å². The Morgan fingerprint density at radius 3 is 2.15 bits per heavy atom. The molecule has 1 heterocycles. The first-order chi connectivity index (χ1) is 8.48. The van der Waals surface area contributed by atoms with E-state index in [1.165, 1.54) is 17.3 Å². The van der Waals surface area contributed by atoms with E-state index in [4.69, 9.17) is 58.0 Å². The van der Waals surface area contributed by atoms with Crippen LogP contribution in [0.4, 0.5) is 0 Å². The minimum atomic E-state index is -1.54. The summed E-state index contributed by atoms with van der Waals surface area (Å²) in [6.45, 7) is 3.35. The Balaban J connectivity index is 0.00000361. The normalized spacial score (nSPS) is 15.8. The molecule has 1 unspecified atom stereocenters. The summed E-state index contributed by atoms with van der Waals surface area (Å²) in [6.07, 6.45) is 2.68. The molecule has 1 atom stereocenters. The summed E-state index contributed by atoms with van der Waals surface area (Å²) in [5.74, 6) is 0. The van der Waals surface area contributed by atoms with Crippen LogP contribution in [0.1, 0.15) is 20.3 Å². The quantitative estimate of drug-likeness (QED) is 0.732. The predicted molar refractivity (Wildman–Crippen MR) is 86.7 cm³/mol. The van der Waals surface area contributed by atoms with Crippen LogP contribution in [-0.4, -0.2) is 39.5 Å². The topological polar surface area (TPSA) is 50.9 Å². The summed E-state index contributed by atoms with van der Waals surface area (Å²) in [5, 5.41) is 14.7. The smallest absolute Gasteiger partial charge is 0.151 e. The van der Waals surface area contributed by atoms with Gasteiger partial charge < -0.3 is 5.11 Å². The summed E-state index contributed by atoms with van der Waals surface area (Å²) in [6, 6.07) is 0. The molecule has 0 aliphatic rings. The van der Waals surface area contributed by atoms with Crippen molar-refractivity contribution in [1.82, 2.24) is 14.8 Å². The number of hydrogen-bond acceptors (Lipinski definition) is 3. The van der Waals surface area contributed by atoms with Crippen LogP contribution >= 0.6 is 70.4 Å². The molecule has 1 aromatic heterocycles. The van der Waals surface area contributed by atoms with Crippen molar-refractivity contribution in [2.75, 3.05) is 0 Å². The zero-order valence-corrected chi connectivity index (χ0v) is 15.3. The highest BCUT2D eigenvalue weighted by Crippen LogP contribution is 2.44. The highest BCUT2D eigenvalue weighted by atomic mass is 35.5. The van der Waals surface area contributed by atoms with Crippen molar-refractivity contribution in [3.8, 4) is 0 Å². The lowest BCUT2D eigenvalue weighted by Gasteiger charge is -2.41. The second kappa shape index (κ2) is 7.40. The largest absolute Gasteiger partial charge is 0.386 e. The van der Waals surface area contributed by atoms with Crippen molar-refractivity contribution in [3.05, 3.63) is 12.7 Å².